The van der Waals surface area contributed by atoms with Crippen molar-refractivity contribution in [1.82, 2.24) is 5.32 Å². The van der Waals surface area contributed by atoms with E-state index in [0.29, 0.717) is 18.9 Å². The van der Waals surface area contributed by atoms with E-state index in [2.05, 4.69) is 26.1 Å². The molecule has 4 heteroatoms. The van der Waals surface area contributed by atoms with Crippen molar-refractivity contribution in [3.05, 3.63) is 21.4 Å². The number of nitrogens with one attached hydrogen (secondary N) is 1. The molecule has 108 valence electrons. The van der Waals surface area contributed by atoms with E-state index in [1.807, 2.05) is 13.0 Å². The van der Waals surface area contributed by atoms with Gasteiger partial charge in [-0.25, -0.2) is 0 Å². The van der Waals surface area contributed by atoms with Crippen molar-refractivity contribution in [3.63, 3.8) is 0 Å². The van der Waals surface area contributed by atoms with Crippen LogP contribution in [-0.2, 0) is 6.42 Å². The molecular weight excluding hydrogens is 258 g/mol. The molecule has 1 aromatic heterocycles. The van der Waals surface area contributed by atoms with Gasteiger partial charge in [0.05, 0.1) is 10.5 Å². The molecule has 3 nitrogen and oxygen atoms in total. The van der Waals surface area contributed by atoms with Crippen molar-refractivity contribution in [2.24, 2.45) is 5.92 Å². The minimum Gasteiger partial charge on any atom is -0.388 e. The molecule has 0 spiro atoms. The first-order valence-electron chi connectivity index (χ1n) is 6.85. The molecule has 1 heterocycles. The van der Waals surface area contributed by atoms with Gasteiger partial charge in [-0.3, -0.25) is 4.79 Å². The third-order valence-corrected chi connectivity index (χ3v) is 4.19. The maximum absolute atomic E-state index is 12.0. The first kappa shape index (κ1) is 16.2. The zero-order chi connectivity index (χ0) is 14.6. The van der Waals surface area contributed by atoms with E-state index < -0.39 is 5.60 Å². The zero-order valence-corrected chi connectivity index (χ0v) is 13.4. The molecule has 19 heavy (non-hydrogen) atoms. The Morgan fingerprint density at radius 1 is 1.53 bits per heavy atom. The van der Waals surface area contributed by atoms with Gasteiger partial charge in [0.1, 0.15) is 0 Å². The molecule has 0 aliphatic rings. The quantitative estimate of drug-likeness (QED) is 0.842. The van der Waals surface area contributed by atoms with Gasteiger partial charge in [0, 0.05) is 11.4 Å². The first-order chi connectivity index (χ1) is 8.75. The lowest BCUT2D eigenvalue weighted by Gasteiger charge is -2.25. The molecule has 1 atom stereocenters. The van der Waals surface area contributed by atoms with Crippen molar-refractivity contribution in [1.29, 1.82) is 0 Å². The Kier molecular flexibility index (Phi) is 5.56. The Hall–Kier alpha value is -0.870. The molecular formula is C15H25NO2S. The summed E-state index contributed by atoms with van der Waals surface area (Å²) in [5.74, 6) is 0.319. The van der Waals surface area contributed by atoms with Gasteiger partial charge < -0.3 is 10.4 Å². The van der Waals surface area contributed by atoms with E-state index in [9.17, 15) is 9.90 Å². The molecule has 2 N–H and O–H groups in total. The molecule has 0 bridgehead atoms. The monoisotopic (exact) mass is 283 g/mol. The lowest BCUT2D eigenvalue weighted by atomic mass is 9.94. The van der Waals surface area contributed by atoms with E-state index in [1.165, 1.54) is 21.8 Å². The third-order valence-electron chi connectivity index (χ3n) is 3.10. The van der Waals surface area contributed by atoms with Crippen molar-refractivity contribution in [2.75, 3.05) is 6.54 Å². The van der Waals surface area contributed by atoms with E-state index in [-0.39, 0.29) is 5.91 Å². The van der Waals surface area contributed by atoms with Crippen molar-refractivity contribution in [2.45, 2.75) is 53.1 Å². The summed E-state index contributed by atoms with van der Waals surface area (Å²) in [5.41, 5.74) is 0.382. The zero-order valence-electron chi connectivity index (χ0n) is 12.5. The smallest absolute Gasteiger partial charge is 0.261 e. The fraction of sp³-hybridized carbons (Fsp3) is 0.667. The topological polar surface area (TPSA) is 49.3 Å². The van der Waals surface area contributed by atoms with Crippen LogP contribution in [-0.4, -0.2) is 23.2 Å². The third kappa shape index (κ3) is 4.96. The second-order valence-electron chi connectivity index (χ2n) is 5.82. The number of hydrogen-bond donors (Lipinski definition) is 2. The van der Waals surface area contributed by atoms with Gasteiger partial charge in [0.15, 0.2) is 0 Å². The van der Waals surface area contributed by atoms with Crippen molar-refractivity contribution >= 4 is 17.2 Å². The number of carbonyl (C=O) groups excluding carboxylic acids is 1. The minimum atomic E-state index is -0.844. The summed E-state index contributed by atoms with van der Waals surface area (Å²) in [7, 11) is 0. The van der Waals surface area contributed by atoms with Gasteiger partial charge in [-0.2, -0.15) is 0 Å². The molecule has 1 rings (SSSR count). The second-order valence-corrected chi connectivity index (χ2v) is 7.08. The number of rotatable bonds is 6. The van der Waals surface area contributed by atoms with E-state index in [0.717, 1.165) is 11.3 Å². The molecule has 0 aliphatic carbocycles. The van der Waals surface area contributed by atoms with E-state index in [4.69, 9.17) is 0 Å². The van der Waals surface area contributed by atoms with Gasteiger partial charge in [-0.15, -0.1) is 11.3 Å². The lowest BCUT2D eigenvalue weighted by molar-refractivity contribution is 0.0369. The number of thiophene rings is 1. The van der Waals surface area contributed by atoms with Crippen molar-refractivity contribution in [3.8, 4) is 0 Å². The van der Waals surface area contributed by atoms with Gasteiger partial charge in [0.25, 0.3) is 5.91 Å². The molecule has 0 saturated carbocycles. The highest BCUT2D eigenvalue weighted by Crippen LogP contribution is 2.22. The average Bonchev–Trinajstić information content (AvgIpc) is 2.66. The normalized spacial score (nSPS) is 14.5. The fourth-order valence-corrected chi connectivity index (χ4v) is 3.32. The van der Waals surface area contributed by atoms with Crippen LogP contribution >= 0.6 is 11.3 Å². The van der Waals surface area contributed by atoms with Crippen molar-refractivity contribution < 1.29 is 9.90 Å². The maximum Gasteiger partial charge on any atom is 0.261 e. The van der Waals surface area contributed by atoms with Gasteiger partial charge in [0.2, 0.25) is 0 Å². The molecule has 1 aromatic rings. The van der Waals surface area contributed by atoms with E-state index in [1.54, 1.807) is 6.92 Å². The summed E-state index contributed by atoms with van der Waals surface area (Å²) in [5, 5.41) is 13.0. The highest BCUT2D eigenvalue weighted by molar-refractivity contribution is 7.14. The van der Waals surface area contributed by atoms with Gasteiger partial charge >= 0.3 is 0 Å². The largest absolute Gasteiger partial charge is 0.388 e. The Bertz CT molecular complexity index is 435. The van der Waals surface area contributed by atoms with E-state index >= 15 is 0 Å². The van der Waals surface area contributed by atoms with Crippen LogP contribution in [0.5, 0.6) is 0 Å². The van der Waals surface area contributed by atoms with Gasteiger partial charge in [-0.05, 0) is 44.2 Å². The summed E-state index contributed by atoms with van der Waals surface area (Å²) in [6, 6.07) is 1.95. The minimum absolute atomic E-state index is 0.0863. The highest BCUT2D eigenvalue weighted by Gasteiger charge is 2.23. The van der Waals surface area contributed by atoms with Crippen LogP contribution in [0.4, 0.5) is 0 Å². The summed E-state index contributed by atoms with van der Waals surface area (Å²) in [6.45, 7) is 10.3. The van der Waals surface area contributed by atoms with Crippen LogP contribution in [0.1, 0.15) is 54.2 Å². The fourth-order valence-electron chi connectivity index (χ4n) is 2.29. The maximum atomic E-state index is 12.0. The molecule has 0 saturated heterocycles. The number of aliphatic hydroxyl groups is 1. The number of amides is 1. The standard InChI is InChI=1S/C15H25NO2S/c1-6-12-7-13(19-11(12)4)14(17)16-9-15(5,18)8-10(2)3/h7,10,18H,6,8-9H2,1-5H3,(H,16,17). The Morgan fingerprint density at radius 3 is 2.63 bits per heavy atom. The molecule has 0 aromatic carbocycles. The second kappa shape index (κ2) is 6.53. The van der Waals surface area contributed by atoms with Crippen LogP contribution in [0, 0.1) is 12.8 Å². The number of carbonyl (C=O) groups is 1. The summed E-state index contributed by atoms with van der Waals surface area (Å²) in [4.78, 5) is 14.0. The first-order valence-corrected chi connectivity index (χ1v) is 7.66. The van der Waals surface area contributed by atoms with Gasteiger partial charge in [-0.1, -0.05) is 20.8 Å². The molecule has 1 amide bonds. The summed E-state index contributed by atoms with van der Waals surface area (Å²) < 4.78 is 0. The predicted octanol–water partition coefficient (Wildman–Crippen LogP) is 3.15. The van der Waals surface area contributed by atoms with Crippen LogP contribution in [0.3, 0.4) is 0 Å². The number of aryl methyl sites for hydroxylation is 2. The van der Waals surface area contributed by atoms with Crippen LogP contribution in [0.25, 0.3) is 0 Å². The van der Waals surface area contributed by atoms with Crippen LogP contribution in [0.15, 0.2) is 6.07 Å². The number of hydrogen-bond acceptors (Lipinski definition) is 3. The average molecular weight is 283 g/mol. The van der Waals surface area contributed by atoms with Crippen LogP contribution in [0.2, 0.25) is 0 Å². The lowest BCUT2D eigenvalue weighted by Crippen LogP contribution is -2.41. The molecule has 0 fully saturated rings. The Balaban J connectivity index is 2.60. The SMILES string of the molecule is CCc1cc(C(=O)NCC(C)(O)CC(C)C)sc1C. The Morgan fingerprint density at radius 2 is 2.16 bits per heavy atom. The highest BCUT2D eigenvalue weighted by atomic mass is 32.1. The molecule has 1 unspecified atom stereocenters. The summed E-state index contributed by atoms with van der Waals surface area (Å²) >= 11 is 1.52. The molecule has 0 radical (unpaired) electrons. The van der Waals surface area contributed by atoms with Crippen LogP contribution < -0.4 is 5.32 Å². The summed E-state index contributed by atoms with van der Waals surface area (Å²) in [6.07, 6.45) is 1.62. The molecule has 0 aliphatic heterocycles. The Labute approximate surface area is 120 Å². The predicted molar refractivity (Wildman–Crippen MR) is 80.8 cm³/mol.